The number of para-hydroxylation sites is 2. The number of rotatable bonds is 1. The summed E-state index contributed by atoms with van der Waals surface area (Å²) in [7, 11) is 0. The first-order chi connectivity index (χ1) is 15.4. The molecule has 0 unspecified atom stereocenters. The van der Waals surface area contributed by atoms with Crippen molar-refractivity contribution in [2.75, 3.05) is 4.90 Å². The van der Waals surface area contributed by atoms with Crippen molar-refractivity contribution >= 4 is 75.1 Å². The molecule has 4 aromatic carbocycles. The van der Waals surface area contributed by atoms with Crippen LogP contribution in [-0.4, -0.2) is 11.7 Å². The molecule has 0 spiro atoms. The highest BCUT2D eigenvalue weighted by atomic mass is 32.2. The molecule has 0 bridgehead atoms. The van der Waals surface area contributed by atoms with E-state index in [1.54, 1.807) is 0 Å². The van der Waals surface area contributed by atoms with Gasteiger partial charge in [0, 0.05) is 31.0 Å². The molecule has 0 saturated heterocycles. The fourth-order valence-electron chi connectivity index (χ4n) is 5.16. The molecule has 3 aliphatic rings. The molecule has 0 saturated carbocycles. The second-order valence-corrected chi connectivity index (χ2v) is 10.2. The van der Waals surface area contributed by atoms with E-state index in [-0.39, 0.29) is 6.71 Å². The summed E-state index contributed by atoms with van der Waals surface area (Å²) in [6, 6.07) is 28.5. The van der Waals surface area contributed by atoms with Crippen LogP contribution in [0.3, 0.4) is 0 Å². The van der Waals surface area contributed by atoms with Gasteiger partial charge in [0.1, 0.15) is 5.52 Å². The maximum atomic E-state index is 6.27. The van der Waals surface area contributed by atoms with Crippen molar-refractivity contribution in [3.05, 3.63) is 78.9 Å². The molecular formula is C25H13BN2OS2. The van der Waals surface area contributed by atoms with Crippen molar-refractivity contribution < 1.29 is 4.42 Å². The summed E-state index contributed by atoms with van der Waals surface area (Å²) in [5.74, 6) is 0. The molecule has 3 aliphatic heterocycles. The van der Waals surface area contributed by atoms with E-state index in [9.17, 15) is 0 Å². The van der Waals surface area contributed by atoms with E-state index in [0.717, 1.165) is 11.1 Å². The largest absolute Gasteiger partial charge is 0.423 e. The first kappa shape index (κ1) is 16.6. The van der Waals surface area contributed by atoms with Gasteiger partial charge in [0.25, 0.3) is 6.71 Å². The lowest BCUT2D eigenvalue weighted by Gasteiger charge is -2.41. The molecule has 4 heterocycles. The molecule has 5 aromatic rings. The minimum absolute atomic E-state index is 0.256. The Kier molecular flexibility index (Phi) is 3.09. The molecule has 8 rings (SSSR count). The minimum atomic E-state index is 0.256. The number of oxazole rings is 1. The summed E-state index contributed by atoms with van der Waals surface area (Å²) in [5.41, 5.74) is 8.22. The predicted octanol–water partition coefficient (Wildman–Crippen LogP) is 5.06. The molecule has 0 fully saturated rings. The number of anilines is 3. The number of fused-ring (bicyclic) bond motifs is 1. The fourth-order valence-corrected chi connectivity index (χ4v) is 7.63. The molecule has 0 amide bonds. The van der Waals surface area contributed by atoms with Crippen LogP contribution >= 0.6 is 23.5 Å². The Morgan fingerprint density at radius 3 is 1.87 bits per heavy atom. The van der Waals surface area contributed by atoms with Crippen molar-refractivity contribution in [2.24, 2.45) is 0 Å². The van der Waals surface area contributed by atoms with Crippen LogP contribution in [0.4, 0.5) is 17.4 Å². The van der Waals surface area contributed by atoms with Gasteiger partial charge < -0.3 is 4.42 Å². The molecule has 0 aliphatic carbocycles. The van der Waals surface area contributed by atoms with E-state index in [1.165, 1.54) is 47.3 Å². The first-order valence-corrected chi connectivity index (χ1v) is 11.9. The third-order valence-corrected chi connectivity index (χ3v) is 8.68. The van der Waals surface area contributed by atoms with Gasteiger partial charge in [-0.15, -0.1) is 0 Å². The third-order valence-electron chi connectivity index (χ3n) is 6.37. The lowest BCUT2D eigenvalue weighted by Crippen LogP contribution is -2.62. The van der Waals surface area contributed by atoms with Crippen molar-refractivity contribution in [3.63, 3.8) is 0 Å². The summed E-state index contributed by atoms with van der Waals surface area (Å²) >= 11 is 3.76. The maximum absolute atomic E-state index is 6.27. The summed E-state index contributed by atoms with van der Waals surface area (Å²) < 4.78 is 6.27. The lowest BCUT2D eigenvalue weighted by molar-refractivity contribution is 0.608. The second-order valence-electron chi connectivity index (χ2n) is 7.98. The summed E-state index contributed by atoms with van der Waals surface area (Å²) in [5, 5.41) is 0. The minimum Gasteiger partial charge on any atom is -0.423 e. The predicted molar refractivity (Wildman–Crippen MR) is 128 cm³/mol. The Hall–Kier alpha value is -3.09. The molecule has 1 aromatic heterocycles. The van der Waals surface area contributed by atoms with E-state index < -0.39 is 0 Å². The van der Waals surface area contributed by atoms with Crippen LogP contribution in [0.25, 0.3) is 11.1 Å². The zero-order valence-corrected chi connectivity index (χ0v) is 17.8. The van der Waals surface area contributed by atoms with E-state index in [0.29, 0.717) is 6.01 Å². The van der Waals surface area contributed by atoms with Crippen LogP contribution in [-0.2, 0) is 0 Å². The highest BCUT2D eigenvalue weighted by Crippen LogP contribution is 2.46. The molecule has 31 heavy (non-hydrogen) atoms. The highest BCUT2D eigenvalue weighted by molar-refractivity contribution is 8.01. The smallest absolute Gasteiger partial charge is 0.307 e. The molecule has 0 radical (unpaired) electrons. The normalized spacial score (nSPS) is 14.7. The number of aromatic nitrogens is 1. The zero-order valence-electron chi connectivity index (χ0n) is 16.2. The van der Waals surface area contributed by atoms with Crippen LogP contribution < -0.4 is 21.3 Å². The van der Waals surface area contributed by atoms with Gasteiger partial charge in [-0.25, -0.2) is 0 Å². The number of hydrogen-bond acceptors (Lipinski definition) is 5. The molecule has 144 valence electrons. The van der Waals surface area contributed by atoms with Crippen LogP contribution in [0.5, 0.6) is 0 Å². The van der Waals surface area contributed by atoms with Crippen molar-refractivity contribution in [1.82, 2.24) is 4.98 Å². The van der Waals surface area contributed by atoms with Gasteiger partial charge in [0.05, 0.1) is 0 Å². The topological polar surface area (TPSA) is 29.3 Å². The van der Waals surface area contributed by atoms with Crippen LogP contribution in [0.2, 0.25) is 0 Å². The first-order valence-electron chi connectivity index (χ1n) is 10.3. The van der Waals surface area contributed by atoms with Gasteiger partial charge in [0.2, 0.25) is 0 Å². The summed E-state index contributed by atoms with van der Waals surface area (Å²) in [4.78, 5) is 12.5. The fraction of sp³-hybridized carbons (Fsp3) is 0. The van der Waals surface area contributed by atoms with Crippen molar-refractivity contribution in [3.8, 4) is 0 Å². The SMILES string of the molecule is c1cc2c3c(c1)Sc1cccc4c1B3c1c(cccc1N4c1nc3ccccc3o1)S2. The van der Waals surface area contributed by atoms with Gasteiger partial charge in [0.15, 0.2) is 5.58 Å². The summed E-state index contributed by atoms with van der Waals surface area (Å²) in [6.07, 6.45) is 0. The number of nitrogens with zero attached hydrogens (tertiary/aromatic N) is 2. The second kappa shape index (κ2) is 5.78. The molecular weight excluding hydrogens is 419 g/mol. The van der Waals surface area contributed by atoms with Gasteiger partial charge in [-0.2, -0.15) is 4.98 Å². The lowest BCUT2D eigenvalue weighted by atomic mass is 9.34. The Labute approximate surface area is 187 Å². The van der Waals surface area contributed by atoms with E-state index in [2.05, 4.69) is 59.5 Å². The maximum Gasteiger partial charge on any atom is 0.307 e. The van der Waals surface area contributed by atoms with Crippen LogP contribution in [0.15, 0.2) is 103 Å². The summed E-state index contributed by atoms with van der Waals surface area (Å²) in [6.45, 7) is 0.256. The molecule has 0 N–H and O–H groups in total. The Balaban J connectivity index is 1.49. The van der Waals surface area contributed by atoms with E-state index in [4.69, 9.17) is 9.40 Å². The Bertz CT molecular complexity index is 1470. The van der Waals surface area contributed by atoms with E-state index in [1.807, 2.05) is 47.8 Å². The standard InChI is InChI=1S/C25H13BN2OS2/c1-2-9-17-14(6-1)27-25(29-17)28-15-7-3-10-18-22(15)26-23-16(28)8-4-11-19(23)31-21-13-5-12-20(30-18)24(21)26/h1-13H. The highest BCUT2D eigenvalue weighted by Gasteiger charge is 2.45. The monoisotopic (exact) mass is 432 g/mol. The molecule has 3 nitrogen and oxygen atoms in total. The number of benzene rings is 4. The van der Waals surface area contributed by atoms with Gasteiger partial charge in [-0.05, 0) is 64.9 Å². The number of hydrogen-bond donors (Lipinski definition) is 0. The van der Waals surface area contributed by atoms with E-state index >= 15 is 0 Å². The van der Waals surface area contributed by atoms with Gasteiger partial charge >= 0.3 is 6.01 Å². The van der Waals surface area contributed by atoms with Crippen molar-refractivity contribution in [1.29, 1.82) is 0 Å². The average Bonchev–Trinajstić information content (AvgIpc) is 3.23. The third kappa shape index (κ3) is 2.07. The van der Waals surface area contributed by atoms with Gasteiger partial charge in [-0.3, -0.25) is 4.90 Å². The Morgan fingerprint density at radius 1 is 0.645 bits per heavy atom. The van der Waals surface area contributed by atoms with Crippen LogP contribution in [0, 0.1) is 0 Å². The average molecular weight is 432 g/mol. The van der Waals surface area contributed by atoms with Crippen LogP contribution in [0.1, 0.15) is 0 Å². The van der Waals surface area contributed by atoms with Crippen molar-refractivity contribution in [2.45, 2.75) is 19.6 Å². The zero-order chi connectivity index (χ0) is 20.1. The van der Waals surface area contributed by atoms with Gasteiger partial charge in [-0.1, -0.05) is 53.9 Å². The molecule has 0 atom stereocenters. The quantitative estimate of drug-likeness (QED) is 0.339. The molecule has 6 heteroatoms. The Morgan fingerprint density at radius 2 is 1.23 bits per heavy atom.